The second-order valence-corrected chi connectivity index (χ2v) is 18.1. The summed E-state index contributed by atoms with van der Waals surface area (Å²) in [7, 11) is -1.16. The third-order valence-corrected chi connectivity index (χ3v) is 14.3. The van der Waals surface area contributed by atoms with Gasteiger partial charge in [-0.05, 0) is 67.7 Å². The molecule has 3 atom stereocenters. The molecule has 36 heavy (non-hydrogen) atoms. The van der Waals surface area contributed by atoms with E-state index in [1.807, 2.05) is 12.1 Å². The van der Waals surface area contributed by atoms with Crippen molar-refractivity contribution >= 4 is 14.0 Å². The lowest BCUT2D eigenvalue weighted by atomic mass is 9.80. The molecule has 1 saturated carbocycles. The maximum absolute atomic E-state index is 12.8. The molecule has 3 rings (SSSR count). The Kier molecular flexibility index (Phi) is 12.0. The largest absolute Gasteiger partial charge is 0.426 e. The van der Waals surface area contributed by atoms with Gasteiger partial charge >= 0.3 is 5.97 Å². The summed E-state index contributed by atoms with van der Waals surface area (Å²) in [6.07, 6.45) is 16.5. The molecule has 3 nitrogen and oxygen atoms in total. The van der Waals surface area contributed by atoms with Gasteiger partial charge in [-0.25, -0.2) is 0 Å². The summed E-state index contributed by atoms with van der Waals surface area (Å²) in [5, 5.41) is 0. The topological polar surface area (TPSA) is 35.5 Å². The molecule has 2 aliphatic rings. The van der Waals surface area contributed by atoms with Crippen LogP contribution in [0.4, 0.5) is 0 Å². The molecule has 4 heteroatoms. The molecule has 1 saturated heterocycles. The van der Waals surface area contributed by atoms with Crippen LogP contribution in [-0.2, 0) is 9.53 Å². The van der Waals surface area contributed by atoms with Crippen LogP contribution in [0.25, 0.3) is 0 Å². The first kappa shape index (κ1) is 29.4. The van der Waals surface area contributed by atoms with Crippen LogP contribution in [0.5, 0.6) is 5.75 Å². The molecule has 1 aliphatic carbocycles. The Hall–Kier alpha value is -1.13. The van der Waals surface area contributed by atoms with Crippen LogP contribution in [0.2, 0.25) is 24.7 Å². The molecule has 0 bridgehead atoms. The summed E-state index contributed by atoms with van der Waals surface area (Å²) in [6, 6.07) is 9.62. The lowest BCUT2D eigenvalue weighted by Gasteiger charge is -2.30. The van der Waals surface area contributed by atoms with Gasteiger partial charge in [0.15, 0.2) is 0 Å². The minimum absolute atomic E-state index is 0.0264. The SMILES string of the molecule is CCCCCCCC1CCC(C(=O)Oc2ccc([C@@H]3CO[C@@H](CC[Si](C)(C)C(C)CC)C3)cc2)CC1. The van der Waals surface area contributed by atoms with Gasteiger partial charge in [0, 0.05) is 5.92 Å². The second kappa shape index (κ2) is 14.7. The Bertz CT molecular complexity index is 766. The molecule has 1 aromatic rings. The average molecular weight is 515 g/mol. The molecular formula is C32H54O3Si. The van der Waals surface area contributed by atoms with Crippen molar-refractivity contribution in [2.75, 3.05) is 6.61 Å². The monoisotopic (exact) mass is 514 g/mol. The van der Waals surface area contributed by atoms with E-state index in [2.05, 4.69) is 46.0 Å². The fourth-order valence-electron chi connectivity index (χ4n) is 6.20. The minimum atomic E-state index is -1.16. The van der Waals surface area contributed by atoms with E-state index in [0.29, 0.717) is 17.8 Å². The minimum Gasteiger partial charge on any atom is -0.426 e. The molecule has 1 aromatic carbocycles. The summed E-state index contributed by atoms with van der Waals surface area (Å²) in [5.74, 6) is 2.02. The summed E-state index contributed by atoms with van der Waals surface area (Å²) in [6.45, 7) is 12.9. The molecule has 1 heterocycles. The van der Waals surface area contributed by atoms with Crippen molar-refractivity contribution in [1.29, 1.82) is 0 Å². The van der Waals surface area contributed by atoms with E-state index in [4.69, 9.17) is 9.47 Å². The van der Waals surface area contributed by atoms with Crippen LogP contribution in [0.3, 0.4) is 0 Å². The zero-order valence-corrected chi connectivity index (χ0v) is 25.0. The molecule has 1 aliphatic heterocycles. The molecule has 204 valence electrons. The van der Waals surface area contributed by atoms with Crippen molar-refractivity contribution < 1.29 is 14.3 Å². The number of hydrogen-bond acceptors (Lipinski definition) is 3. The highest BCUT2D eigenvalue weighted by molar-refractivity contribution is 6.78. The Morgan fingerprint density at radius 1 is 1.00 bits per heavy atom. The first-order valence-electron chi connectivity index (χ1n) is 15.3. The highest BCUT2D eigenvalue weighted by Crippen LogP contribution is 2.37. The number of esters is 1. The quantitative estimate of drug-likeness (QED) is 0.107. The maximum atomic E-state index is 12.8. The Morgan fingerprint density at radius 3 is 2.36 bits per heavy atom. The van der Waals surface area contributed by atoms with Gasteiger partial charge in [0.1, 0.15) is 5.75 Å². The molecular weight excluding hydrogens is 460 g/mol. The van der Waals surface area contributed by atoms with Gasteiger partial charge in [-0.3, -0.25) is 4.79 Å². The molecule has 1 unspecified atom stereocenters. The zero-order valence-electron chi connectivity index (χ0n) is 24.0. The van der Waals surface area contributed by atoms with Crippen LogP contribution in [0.1, 0.15) is 116 Å². The van der Waals surface area contributed by atoms with Gasteiger partial charge in [-0.2, -0.15) is 0 Å². The van der Waals surface area contributed by atoms with Crippen molar-refractivity contribution in [2.24, 2.45) is 11.8 Å². The number of ether oxygens (including phenoxy) is 2. The van der Waals surface area contributed by atoms with E-state index in [9.17, 15) is 4.79 Å². The molecule has 0 radical (unpaired) electrons. The average Bonchev–Trinajstić information content (AvgIpc) is 3.37. The molecule has 2 fully saturated rings. The van der Waals surface area contributed by atoms with Crippen molar-refractivity contribution in [2.45, 2.75) is 141 Å². The van der Waals surface area contributed by atoms with E-state index in [1.165, 1.54) is 75.8 Å². The number of unbranched alkanes of at least 4 members (excludes halogenated alkanes) is 4. The van der Waals surface area contributed by atoms with Crippen LogP contribution in [-0.4, -0.2) is 26.8 Å². The van der Waals surface area contributed by atoms with Gasteiger partial charge in [0.05, 0.1) is 26.7 Å². The third-order valence-electron chi connectivity index (χ3n) is 9.60. The van der Waals surface area contributed by atoms with Crippen LogP contribution >= 0.6 is 0 Å². The Morgan fingerprint density at radius 2 is 1.69 bits per heavy atom. The second-order valence-electron chi connectivity index (χ2n) is 12.6. The van der Waals surface area contributed by atoms with Gasteiger partial charge in [-0.15, -0.1) is 0 Å². The highest BCUT2D eigenvalue weighted by atomic mass is 28.3. The standard InChI is InChI=1S/C32H54O3Si/c1-6-8-9-10-11-12-26-13-15-28(16-14-26)32(33)35-30-19-17-27(18-20-30)29-23-31(34-24-29)21-22-36(4,5)25(3)7-2/h17-20,25-26,28-29,31H,6-16,21-24H2,1-5H3/t25?,26?,28?,29-,31-/m0/s1. The molecule has 0 spiro atoms. The summed E-state index contributed by atoms with van der Waals surface area (Å²) in [4.78, 5) is 12.8. The van der Waals surface area contributed by atoms with Gasteiger partial charge in [0.2, 0.25) is 0 Å². The van der Waals surface area contributed by atoms with E-state index in [0.717, 1.165) is 37.3 Å². The van der Waals surface area contributed by atoms with Gasteiger partial charge in [0.25, 0.3) is 0 Å². The highest BCUT2D eigenvalue weighted by Gasteiger charge is 2.32. The predicted molar refractivity (Wildman–Crippen MR) is 155 cm³/mol. The van der Waals surface area contributed by atoms with Crippen LogP contribution < -0.4 is 4.74 Å². The van der Waals surface area contributed by atoms with Crippen molar-refractivity contribution in [3.05, 3.63) is 29.8 Å². The third kappa shape index (κ3) is 9.01. The first-order valence-corrected chi connectivity index (χ1v) is 18.5. The summed E-state index contributed by atoms with van der Waals surface area (Å²) >= 11 is 0. The molecule has 0 N–H and O–H groups in total. The lowest BCUT2D eigenvalue weighted by molar-refractivity contribution is -0.140. The lowest BCUT2D eigenvalue weighted by Crippen LogP contribution is -2.31. The van der Waals surface area contributed by atoms with E-state index < -0.39 is 8.07 Å². The Labute approximate surface area is 223 Å². The van der Waals surface area contributed by atoms with E-state index in [1.54, 1.807) is 0 Å². The van der Waals surface area contributed by atoms with Gasteiger partial charge in [-0.1, -0.05) is 97.0 Å². The van der Waals surface area contributed by atoms with Crippen molar-refractivity contribution in [3.63, 3.8) is 0 Å². The number of carbonyl (C=O) groups is 1. The smallest absolute Gasteiger partial charge is 0.314 e. The number of carbonyl (C=O) groups excluding carboxylic acids is 1. The number of hydrogen-bond donors (Lipinski definition) is 0. The van der Waals surface area contributed by atoms with E-state index in [-0.39, 0.29) is 11.9 Å². The van der Waals surface area contributed by atoms with E-state index >= 15 is 0 Å². The molecule has 0 amide bonds. The van der Waals surface area contributed by atoms with Crippen LogP contribution in [0, 0.1) is 11.8 Å². The zero-order chi connectivity index (χ0) is 26.0. The maximum Gasteiger partial charge on any atom is 0.314 e. The van der Waals surface area contributed by atoms with Crippen molar-refractivity contribution in [3.8, 4) is 5.75 Å². The fraction of sp³-hybridized carbons (Fsp3) is 0.781. The number of benzene rings is 1. The fourth-order valence-corrected chi connectivity index (χ4v) is 8.87. The van der Waals surface area contributed by atoms with Crippen molar-refractivity contribution in [1.82, 2.24) is 0 Å². The Balaban J connectivity index is 1.37. The summed E-state index contributed by atoms with van der Waals surface area (Å²) in [5.41, 5.74) is 2.19. The van der Waals surface area contributed by atoms with Crippen LogP contribution in [0.15, 0.2) is 24.3 Å². The predicted octanol–water partition coefficient (Wildman–Crippen LogP) is 9.53. The van der Waals surface area contributed by atoms with Gasteiger partial charge < -0.3 is 9.47 Å². The summed E-state index contributed by atoms with van der Waals surface area (Å²) < 4.78 is 12.0. The normalized spacial score (nSPS) is 25.6. The number of rotatable bonds is 14. The first-order chi connectivity index (χ1) is 17.3. The molecule has 0 aromatic heterocycles.